The minimum absolute atomic E-state index is 0.0371. The summed E-state index contributed by atoms with van der Waals surface area (Å²) in [5, 5.41) is 24.1. The highest BCUT2D eigenvalue weighted by Gasteiger charge is 2.11. The maximum atomic E-state index is 13.6. The SMILES string of the molecule is Cc1cc(C)cc(C(O)CNC(=O)NCc2cc(C#N)ccc2F)c1. The molecule has 2 rings (SSSR count). The number of halogens is 1. The summed E-state index contributed by atoms with van der Waals surface area (Å²) >= 11 is 0. The van der Waals surface area contributed by atoms with Crippen molar-refractivity contribution in [2.24, 2.45) is 0 Å². The lowest BCUT2D eigenvalue weighted by molar-refractivity contribution is 0.173. The van der Waals surface area contributed by atoms with Gasteiger partial charge in [0, 0.05) is 18.7 Å². The zero-order chi connectivity index (χ0) is 18.4. The largest absolute Gasteiger partial charge is 0.387 e. The van der Waals surface area contributed by atoms with Crippen molar-refractivity contribution in [1.82, 2.24) is 10.6 Å². The lowest BCUT2D eigenvalue weighted by Gasteiger charge is -2.14. The number of amides is 2. The van der Waals surface area contributed by atoms with Crippen LogP contribution in [0.5, 0.6) is 0 Å². The lowest BCUT2D eigenvalue weighted by Crippen LogP contribution is -2.37. The van der Waals surface area contributed by atoms with Crippen LogP contribution in [0, 0.1) is 31.0 Å². The van der Waals surface area contributed by atoms with Crippen molar-refractivity contribution in [3.8, 4) is 6.07 Å². The molecule has 0 saturated heterocycles. The van der Waals surface area contributed by atoms with Gasteiger partial charge in [0.05, 0.1) is 17.7 Å². The summed E-state index contributed by atoms with van der Waals surface area (Å²) in [6.45, 7) is 3.86. The molecule has 0 aromatic heterocycles. The van der Waals surface area contributed by atoms with Gasteiger partial charge in [-0.3, -0.25) is 0 Å². The van der Waals surface area contributed by atoms with Crippen LogP contribution >= 0.6 is 0 Å². The molecule has 25 heavy (non-hydrogen) atoms. The Labute approximate surface area is 146 Å². The molecule has 2 amide bonds. The van der Waals surface area contributed by atoms with E-state index in [0.29, 0.717) is 5.56 Å². The van der Waals surface area contributed by atoms with Crippen molar-refractivity contribution in [3.63, 3.8) is 0 Å². The minimum Gasteiger partial charge on any atom is -0.387 e. The highest BCUT2D eigenvalue weighted by molar-refractivity contribution is 5.73. The van der Waals surface area contributed by atoms with Crippen LogP contribution in [0.25, 0.3) is 0 Å². The molecule has 2 aromatic rings. The number of aryl methyl sites for hydroxylation is 2. The molecule has 1 atom stereocenters. The first-order valence-electron chi connectivity index (χ1n) is 7.85. The average Bonchev–Trinajstić information content (AvgIpc) is 2.58. The van der Waals surface area contributed by atoms with Crippen molar-refractivity contribution >= 4 is 6.03 Å². The number of aliphatic hydroxyl groups excluding tert-OH is 1. The number of urea groups is 1. The average molecular weight is 341 g/mol. The molecule has 0 saturated carbocycles. The molecule has 2 aromatic carbocycles. The molecule has 3 N–H and O–H groups in total. The lowest BCUT2D eigenvalue weighted by atomic mass is 10.0. The summed E-state index contributed by atoms with van der Waals surface area (Å²) in [6, 6.07) is 11.1. The third-order valence-corrected chi connectivity index (χ3v) is 3.70. The van der Waals surface area contributed by atoms with Gasteiger partial charge in [0.2, 0.25) is 0 Å². The van der Waals surface area contributed by atoms with E-state index in [4.69, 9.17) is 5.26 Å². The van der Waals surface area contributed by atoms with Crippen LogP contribution < -0.4 is 10.6 Å². The Bertz CT molecular complexity index is 795. The summed E-state index contributed by atoms with van der Waals surface area (Å²) in [6.07, 6.45) is -0.831. The van der Waals surface area contributed by atoms with E-state index in [2.05, 4.69) is 10.6 Å². The van der Waals surface area contributed by atoms with Gasteiger partial charge in [0.25, 0.3) is 0 Å². The normalized spacial score (nSPS) is 11.5. The Kier molecular flexibility index (Phi) is 6.09. The molecule has 0 radical (unpaired) electrons. The number of nitrogens with zero attached hydrogens (tertiary/aromatic N) is 1. The van der Waals surface area contributed by atoms with Gasteiger partial charge in [-0.2, -0.15) is 5.26 Å². The van der Waals surface area contributed by atoms with Gasteiger partial charge in [-0.15, -0.1) is 0 Å². The van der Waals surface area contributed by atoms with Gasteiger partial charge < -0.3 is 15.7 Å². The highest BCUT2D eigenvalue weighted by Crippen LogP contribution is 2.16. The monoisotopic (exact) mass is 341 g/mol. The van der Waals surface area contributed by atoms with Crippen molar-refractivity contribution in [3.05, 3.63) is 70.0 Å². The van der Waals surface area contributed by atoms with E-state index in [0.717, 1.165) is 16.7 Å². The predicted octanol–water partition coefficient (Wildman–Crippen LogP) is 2.85. The molecule has 6 heteroatoms. The maximum Gasteiger partial charge on any atom is 0.315 e. The number of nitriles is 1. The van der Waals surface area contributed by atoms with E-state index in [9.17, 15) is 14.3 Å². The zero-order valence-electron chi connectivity index (χ0n) is 14.1. The van der Waals surface area contributed by atoms with E-state index < -0.39 is 18.0 Å². The van der Waals surface area contributed by atoms with Crippen LogP contribution in [0.2, 0.25) is 0 Å². The first-order chi connectivity index (χ1) is 11.9. The van der Waals surface area contributed by atoms with Gasteiger partial charge >= 0.3 is 6.03 Å². The number of benzene rings is 2. The smallest absolute Gasteiger partial charge is 0.315 e. The maximum absolute atomic E-state index is 13.6. The molecule has 0 bridgehead atoms. The Hall–Kier alpha value is -2.91. The van der Waals surface area contributed by atoms with Crippen LogP contribution in [-0.2, 0) is 6.54 Å². The molecular weight excluding hydrogens is 321 g/mol. The first-order valence-corrected chi connectivity index (χ1v) is 7.85. The van der Waals surface area contributed by atoms with Crippen LogP contribution in [0.4, 0.5) is 9.18 Å². The van der Waals surface area contributed by atoms with Gasteiger partial charge in [-0.25, -0.2) is 9.18 Å². The fourth-order valence-electron chi connectivity index (χ4n) is 2.53. The second kappa shape index (κ2) is 8.27. The zero-order valence-corrected chi connectivity index (χ0v) is 14.1. The third kappa shape index (κ3) is 5.30. The number of nitrogens with one attached hydrogen (secondary N) is 2. The molecule has 0 fully saturated rings. The molecule has 5 nitrogen and oxygen atoms in total. The fourth-order valence-corrected chi connectivity index (χ4v) is 2.53. The second-order valence-electron chi connectivity index (χ2n) is 5.92. The number of carbonyl (C=O) groups is 1. The molecule has 0 aliphatic carbocycles. The van der Waals surface area contributed by atoms with E-state index in [1.807, 2.05) is 38.1 Å². The summed E-state index contributed by atoms with van der Waals surface area (Å²) in [5.74, 6) is -0.491. The van der Waals surface area contributed by atoms with Crippen LogP contribution in [-0.4, -0.2) is 17.7 Å². The van der Waals surface area contributed by atoms with Crippen LogP contribution in [0.1, 0.15) is 33.9 Å². The van der Waals surface area contributed by atoms with Gasteiger partial charge in [-0.1, -0.05) is 29.3 Å². The quantitative estimate of drug-likeness (QED) is 0.782. The Morgan fingerprint density at radius 2 is 1.88 bits per heavy atom. The molecular formula is C19H20FN3O2. The first kappa shape index (κ1) is 18.4. The minimum atomic E-state index is -0.831. The van der Waals surface area contributed by atoms with Crippen LogP contribution in [0.3, 0.4) is 0 Å². The van der Waals surface area contributed by atoms with Gasteiger partial charge in [0.1, 0.15) is 5.82 Å². The molecule has 0 spiro atoms. The van der Waals surface area contributed by atoms with Crippen molar-refractivity contribution < 1.29 is 14.3 Å². The Morgan fingerprint density at radius 1 is 1.20 bits per heavy atom. The van der Waals surface area contributed by atoms with E-state index >= 15 is 0 Å². The predicted molar refractivity (Wildman–Crippen MR) is 92.2 cm³/mol. The third-order valence-electron chi connectivity index (χ3n) is 3.70. The molecule has 0 heterocycles. The summed E-state index contributed by atoms with van der Waals surface area (Å²) in [7, 11) is 0. The molecule has 0 aliphatic rings. The van der Waals surface area contributed by atoms with E-state index in [1.165, 1.54) is 18.2 Å². The standard InChI is InChI=1S/C19H20FN3O2/c1-12-5-13(2)7-15(6-12)18(24)11-23-19(25)22-10-16-8-14(9-21)3-4-17(16)20/h3-8,18,24H,10-11H2,1-2H3,(H2,22,23,25). The molecule has 130 valence electrons. The van der Waals surface area contributed by atoms with Gasteiger partial charge in [0.15, 0.2) is 0 Å². The fraction of sp³-hybridized carbons (Fsp3) is 0.263. The number of hydrogen-bond donors (Lipinski definition) is 3. The highest BCUT2D eigenvalue weighted by atomic mass is 19.1. The van der Waals surface area contributed by atoms with E-state index in [-0.39, 0.29) is 18.7 Å². The number of rotatable bonds is 5. The topological polar surface area (TPSA) is 85.2 Å². The van der Waals surface area contributed by atoms with Gasteiger partial charge in [-0.05, 0) is 37.6 Å². The van der Waals surface area contributed by atoms with Crippen LogP contribution in [0.15, 0.2) is 36.4 Å². The van der Waals surface area contributed by atoms with Crippen molar-refractivity contribution in [1.29, 1.82) is 5.26 Å². The van der Waals surface area contributed by atoms with Crippen molar-refractivity contribution in [2.45, 2.75) is 26.5 Å². The van der Waals surface area contributed by atoms with Crippen molar-refractivity contribution in [2.75, 3.05) is 6.54 Å². The summed E-state index contributed by atoms with van der Waals surface area (Å²) in [5.41, 5.74) is 3.34. The Balaban J connectivity index is 1.87. The number of aliphatic hydroxyl groups is 1. The Morgan fingerprint density at radius 3 is 2.52 bits per heavy atom. The van der Waals surface area contributed by atoms with E-state index in [1.54, 1.807) is 0 Å². The second-order valence-corrected chi connectivity index (χ2v) is 5.92. The molecule has 1 unspecified atom stereocenters. The summed E-state index contributed by atoms with van der Waals surface area (Å²) < 4.78 is 13.6. The number of hydrogen-bond acceptors (Lipinski definition) is 3. The summed E-state index contributed by atoms with van der Waals surface area (Å²) in [4.78, 5) is 11.8. The number of carbonyl (C=O) groups excluding carboxylic acids is 1. The molecule has 0 aliphatic heterocycles.